The van der Waals surface area contributed by atoms with Gasteiger partial charge < -0.3 is 20.4 Å². The number of nitrogens with one attached hydrogen (secondary N) is 3. The normalized spacial score (nSPS) is 14.5. The van der Waals surface area contributed by atoms with E-state index < -0.39 is 0 Å². The smallest absolute Gasteiger partial charge is 0.222 e. The molecule has 0 saturated carbocycles. The van der Waals surface area contributed by atoms with Crippen LogP contribution in [0.25, 0.3) is 21.1 Å². The topological polar surface area (TPSA) is 105 Å². The fraction of sp³-hybridized carbons (Fsp3) is 0.250. The molecule has 10 heteroatoms. The lowest BCUT2D eigenvalue weighted by Crippen LogP contribution is -2.44. The predicted molar refractivity (Wildman–Crippen MR) is 133 cm³/mol. The number of nitrogens with zero attached hydrogens (tertiary/aromatic N) is 3. The standard InChI is InChI=1S/C24H23ClN6O2S/c1-14(32)30-21-8-17(6-7-27-21)20-9-19(23(34-20)24-28-13-29-31-24)22(33-12-15-10-26-11-15)16-2-4-18(25)5-3-16/h2-9,13,15,22,26H,10-12H2,1H3,(H,27,30,32)(H,28,29,31). The van der Waals surface area contributed by atoms with Crippen LogP contribution in [0.5, 0.6) is 0 Å². The van der Waals surface area contributed by atoms with Crippen LogP contribution >= 0.6 is 22.9 Å². The maximum absolute atomic E-state index is 11.5. The zero-order chi connectivity index (χ0) is 23.5. The first-order valence-corrected chi connectivity index (χ1v) is 12.1. The van der Waals surface area contributed by atoms with Crippen molar-refractivity contribution < 1.29 is 9.53 Å². The van der Waals surface area contributed by atoms with Crippen molar-refractivity contribution >= 4 is 34.7 Å². The summed E-state index contributed by atoms with van der Waals surface area (Å²) in [7, 11) is 0. The van der Waals surface area contributed by atoms with Crippen molar-refractivity contribution in [1.29, 1.82) is 0 Å². The van der Waals surface area contributed by atoms with Crippen LogP contribution < -0.4 is 10.6 Å². The molecular weight excluding hydrogens is 472 g/mol. The van der Waals surface area contributed by atoms with Gasteiger partial charge in [-0.2, -0.15) is 0 Å². The molecule has 5 rings (SSSR count). The molecule has 34 heavy (non-hydrogen) atoms. The minimum Gasteiger partial charge on any atom is -0.368 e. The van der Waals surface area contributed by atoms with E-state index in [1.54, 1.807) is 23.9 Å². The van der Waals surface area contributed by atoms with Crippen molar-refractivity contribution in [2.24, 2.45) is 5.92 Å². The monoisotopic (exact) mass is 494 g/mol. The third-order valence-corrected chi connectivity index (χ3v) is 7.02. The molecule has 4 heterocycles. The van der Waals surface area contributed by atoms with Crippen molar-refractivity contribution in [2.75, 3.05) is 25.0 Å². The van der Waals surface area contributed by atoms with E-state index in [1.165, 1.54) is 6.92 Å². The molecule has 1 aromatic carbocycles. The highest BCUT2D eigenvalue weighted by Gasteiger charge is 2.27. The second kappa shape index (κ2) is 10.0. The minimum absolute atomic E-state index is 0.166. The average molecular weight is 495 g/mol. The van der Waals surface area contributed by atoms with Crippen LogP contribution in [0.2, 0.25) is 5.02 Å². The fourth-order valence-corrected chi connectivity index (χ4v) is 5.03. The summed E-state index contributed by atoms with van der Waals surface area (Å²) in [6, 6.07) is 13.6. The third kappa shape index (κ3) is 5.02. The van der Waals surface area contributed by atoms with Gasteiger partial charge in [-0.1, -0.05) is 23.7 Å². The van der Waals surface area contributed by atoms with Crippen LogP contribution in [0.3, 0.4) is 0 Å². The summed E-state index contributed by atoms with van der Waals surface area (Å²) in [5.41, 5.74) is 2.94. The van der Waals surface area contributed by atoms with Crippen LogP contribution in [0.15, 0.2) is 55.0 Å². The van der Waals surface area contributed by atoms with Crippen LogP contribution in [0, 0.1) is 5.92 Å². The number of carbonyl (C=O) groups excluding carboxylic acids is 1. The number of hydrogen-bond donors (Lipinski definition) is 3. The summed E-state index contributed by atoms with van der Waals surface area (Å²) in [5.74, 6) is 1.50. The van der Waals surface area contributed by atoms with Gasteiger partial charge in [0, 0.05) is 47.6 Å². The maximum Gasteiger partial charge on any atom is 0.222 e. The summed E-state index contributed by atoms with van der Waals surface area (Å²) >= 11 is 7.75. The summed E-state index contributed by atoms with van der Waals surface area (Å²) in [6.07, 6.45) is 2.95. The van der Waals surface area contributed by atoms with E-state index in [0.717, 1.165) is 39.5 Å². The lowest BCUT2D eigenvalue weighted by molar-refractivity contribution is -0.114. The van der Waals surface area contributed by atoms with E-state index in [-0.39, 0.29) is 12.0 Å². The lowest BCUT2D eigenvalue weighted by atomic mass is 9.99. The Morgan fingerprint density at radius 2 is 2.09 bits per heavy atom. The number of hydrogen-bond acceptors (Lipinski definition) is 7. The first-order chi connectivity index (χ1) is 16.6. The van der Waals surface area contributed by atoms with Gasteiger partial charge >= 0.3 is 0 Å². The zero-order valence-corrected chi connectivity index (χ0v) is 20.0. The molecule has 0 spiro atoms. The summed E-state index contributed by atoms with van der Waals surface area (Å²) in [4.78, 5) is 20.8. The fourth-order valence-electron chi connectivity index (χ4n) is 3.78. The SMILES string of the molecule is CC(=O)Nc1cc(-c2cc(C(OCC3CNC3)c3ccc(Cl)cc3)c(-c3nnc[nH]3)s2)ccn1. The molecule has 3 aromatic heterocycles. The van der Waals surface area contributed by atoms with Crippen LogP contribution in [0.1, 0.15) is 24.2 Å². The quantitative estimate of drug-likeness (QED) is 0.332. The molecule has 1 amide bonds. The molecular formula is C24H23ClN6O2S. The Morgan fingerprint density at radius 1 is 1.26 bits per heavy atom. The molecule has 4 aromatic rings. The van der Waals surface area contributed by atoms with Crippen molar-refractivity contribution in [3.05, 3.63) is 71.1 Å². The lowest BCUT2D eigenvalue weighted by Gasteiger charge is -2.29. The molecule has 0 bridgehead atoms. The molecule has 1 fully saturated rings. The molecule has 174 valence electrons. The molecule has 1 aliphatic rings. The number of ether oxygens (including phenoxy) is 1. The van der Waals surface area contributed by atoms with Crippen molar-refractivity contribution in [3.63, 3.8) is 0 Å². The molecule has 1 atom stereocenters. The Balaban J connectivity index is 1.58. The van der Waals surface area contributed by atoms with Gasteiger partial charge in [-0.15, -0.1) is 21.5 Å². The number of pyridine rings is 1. The molecule has 0 aliphatic carbocycles. The third-order valence-electron chi connectivity index (χ3n) is 5.56. The number of thiophene rings is 1. The van der Waals surface area contributed by atoms with Gasteiger partial charge in [0.2, 0.25) is 5.91 Å². The average Bonchev–Trinajstić information content (AvgIpc) is 3.46. The van der Waals surface area contributed by atoms with Crippen molar-refractivity contribution in [2.45, 2.75) is 13.0 Å². The van der Waals surface area contributed by atoms with E-state index in [9.17, 15) is 4.79 Å². The summed E-state index contributed by atoms with van der Waals surface area (Å²) in [6.45, 7) is 4.02. The minimum atomic E-state index is -0.306. The van der Waals surface area contributed by atoms with Gasteiger partial charge in [0.05, 0.1) is 11.5 Å². The van der Waals surface area contributed by atoms with Gasteiger partial charge in [-0.3, -0.25) is 4.79 Å². The number of benzene rings is 1. The Morgan fingerprint density at radius 3 is 2.76 bits per heavy atom. The van der Waals surface area contributed by atoms with Gasteiger partial charge in [-0.25, -0.2) is 4.98 Å². The van der Waals surface area contributed by atoms with Crippen molar-refractivity contribution in [1.82, 2.24) is 25.5 Å². The predicted octanol–water partition coefficient (Wildman–Crippen LogP) is 4.53. The van der Waals surface area contributed by atoms with E-state index >= 15 is 0 Å². The second-order valence-corrected chi connectivity index (χ2v) is 9.62. The number of halogens is 1. The highest BCUT2D eigenvalue weighted by Crippen LogP contribution is 2.43. The van der Waals surface area contributed by atoms with Gasteiger partial charge in [0.1, 0.15) is 18.2 Å². The summed E-state index contributed by atoms with van der Waals surface area (Å²) < 4.78 is 6.51. The first-order valence-electron chi connectivity index (χ1n) is 10.9. The molecule has 8 nitrogen and oxygen atoms in total. The van der Waals surface area contributed by atoms with Crippen LogP contribution in [-0.4, -0.2) is 45.8 Å². The highest BCUT2D eigenvalue weighted by molar-refractivity contribution is 7.19. The number of carbonyl (C=O) groups is 1. The van der Waals surface area contributed by atoms with Crippen LogP contribution in [0.4, 0.5) is 5.82 Å². The van der Waals surface area contributed by atoms with Gasteiger partial charge in [0.25, 0.3) is 0 Å². The number of rotatable bonds is 8. The van der Waals surface area contributed by atoms with E-state index in [4.69, 9.17) is 16.3 Å². The Kier molecular flexibility index (Phi) is 6.68. The highest BCUT2D eigenvalue weighted by atomic mass is 35.5. The Bertz CT molecular complexity index is 1270. The first kappa shape index (κ1) is 22.7. The molecule has 1 saturated heterocycles. The molecule has 1 aliphatic heterocycles. The molecule has 0 radical (unpaired) electrons. The van der Waals surface area contributed by atoms with Gasteiger partial charge in [0.15, 0.2) is 5.82 Å². The largest absolute Gasteiger partial charge is 0.368 e. The molecule has 3 N–H and O–H groups in total. The summed E-state index contributed by atoms with van der Waals surface area (Å²) in [5, 5.41) is 15.0. The number of aromatic nitrogens is 4. The number of amides is 1. The number of anilines is 1. The van der Waals surface area contributed by atoms with Crippen molar-refractivity contribution in [3.8, 4) is 21.1 Å². The van der Waals surface area contributed by atoms with E-state index in [0.29, 0.717) is 29.2 Å². The van der Waals surface area contributed by atoms with E-state index in [2.05, 4.69) is 36.9 Å². The Hall–Kier alpha value is -3.11. The Labute approximate surface area is 205 Å². The number of aromatic amines is 1. The van der Waals surface area contributed by atoms with E-state index in [1.807, 2.05) is 36.4 Å². The second-order valence-electron chi connectivity index (χ2n) is 8.13. The number of H-pyrrole nitrogens is 1. The van der Waals surface area contributed by atoms with Gasteiger partial charge in [-0.05, 0) is 41.5 Å². The zero-order valence-electron chi connectivity index (χ0n) is 18.4. The molecule has 1 unspecified atom stereocenters. The van der Waals surface area contributed by atoms with Crippen LogP contribution in [-0.2, 0) is 9.53 Å². The maximum atomic E-state index is 11.5.